The van der Waals surface area contributed by atoms with Crippen LogP contribution in [0.25, 0.3) is 10.9 Å². The highest BCUT2D eigenvalue weighted by atomic mass is 32.2. The first kappa shape index (κ1) is 62.0. The van der Waals surface area contributed by atoms with Crippen LogP contribution in [0.5, 0.6) is 0 Å². The number of thioether (sulfide) groups is 1. The van der Waals surface area contributed by atoms with Crippen LogP contribution in [0.2, 0.25) is 0 Å². The molecule has 0 radical (unpaired) electrons. The number of esters is 2. The van der Waals surface area contributed by atoms with Crippen molar-refractivity contribution in [3.05, 3.63) is 34.2 Å². The Morgan fingerprint density at radius 1 is 0.947 bits per heavy atom. The fraction of sp³-hybridized carbons (Fsp3) is 0.769. The van der Waals surface area contributed by atoms with Crippen LogP contribution in [0.4, 0.5) is 0 Å². The second-order valence-electron chi connectivity index (χ2n) is 21.5. The van der Waals surface area contributed by atoms with Gasteiger partial charge in [-0.3, -0.25) is 23.9 Å². The van der Waals surface area contributed by atoms with Crippen molar-refractivity contribution in [2.24, 2.45) is 17.8 Å². The molecule has 3 saturated heterocycles. The molecule has 3 aliphatic rings. The number of methoxy groups -OCH3 is 2. The number of Topliss-reactive ketones (excluding diaryl/α,β-unsaturated/α-hetero) is 1. The third kappa shape index (κ3) is 14.1. The van der Waals surface area contributed by atoms with E-state index in [0.29, 0.717) is 29.3 Å². The summed E-state index contributed by atoms with van der Waals surface area (Å²) in [6.45, 7) is 15.8. The third-order valence-electron chi connectivity index (χ3n) is 15.3. The van der Waals surface area contributed by atoms with Crippen LogP contribution in [-0.4, -0.2) is 204 Å². The summed E-state index contributed by atoms with van der Waals surface area (Å²) in [4.78, 5) is 73.0. The van der Waals surface area contributed by atoms with Crippen LogP contribution in [0, 0.1) is 17.8 Å². The molecule has 0 saturated carbocycles. The number of rotatable bonds is 18. The number of nitrogens with zero attached hydrogens (tertiary/aromatic N) is 4. The minimum Gasteiger partial charge on any atom is -0.477 e. The Morgan fingerprint density at radius 2 is 1.60 bits per heavy atom. The number of aromatic nitrogens is 2. The van der Waals surface area contributed by atoms with Gasteiger partial charge in [0.2, 0.25) is 5.43 Å². The summed E-state index contributed by atoms with van der Waals surface area (Å²) in [5.74, 6) is -5.66. The molecule has 2 aromatic rings. The predicted octanol–water partition coefficient (Wildman–Crippen LogP) is 2.73. The van der Waals surface area contributed by atoms with Crippen molar-refractivity contribution in [1.82, 2.24) is 19.9 Å². The van der Waals surface area contributed by atoms with E-state index in [4.69, 9.17) is 37.9 Å². The van der Waals surface area contributed by atoms with Crippen molar-refractivity contribution in [2.45, 2.75) is 184 Å². The lowest BCUT2D eigenvalue weighted by atomic mass is 9.75. The molecule has 3 fully saturated rings. The molecule has 0 aliphatic carbocycles. The highest BCUT2D eigenvalue weighted by molar-refractivity contribution is 7.99. The number of carboxylic acids is 1. The molecule has 5 rings (SSSR count). The molecule has 0 spiro atoms. The molecule has 424 valence electrons. The van der Waals surface area contributed by atoms with Gasteiger partial charge in [-0.15, -0.1) is 11.8 Å². The maximum Gasteiger partial charge on any atom is 0.341 e. The van der Waals surface area contributed by atoms with Gasteiger partial charge in [0.1, 0.15) is 35.1 Å². The second-order valence-corrected chi connectivity index (χ2v) is 22.6. The Bertz CT molecular complexity index is 2360. The Morgan fingerprint density at radius 3 is 2.20 bits per heavy atom. The number of carbonyl (C=O) groups excluding carboxylic acids is 3. The van der Waals surface area contributed by atoms with E-state index in [0.717, 1.165) is 0 Å². The number of aliphatic hydroxyl groups is 3. The lowest BCUT2D eigenvalue weighted by Crippen LogP contribution is -2.61. The number of aromatic carboxylic acids is 1. The molecule has 22 nitrogen and oxygen atoms in total. The van der Waals surface area contributed by atoms with Crippen molar-refractivity contribution in [2.75, 3.05) is 66.3 Å². The van der Waals surface area contributed by atoms with Gasteiger partial charge >= 0.3 is 17.9 Å². The van der Waals surface area contributed by atoms with Crippen molar-refractivity contribution >= 4 is 46.4 Å². The number of pyridine rings is 2. The van der Waals surface area contributed by atoms with E-state index >= 15 is 0 Å². The number of fused-ring (bicyclic) bond motifs is 1. The van der Waals surface area contributed by atoms with Gasteiger partial charge in [0.25, 0.3) is 0 Å². The zero-order valence-electron chi connectivity index (χ0n) is 46.3. The molecule has 3 aliphatic heterocycles. The first-order chi connectivity index (χ1) is 35.0. The van der Waals surface area contributed by atoms with Crippen LogP contribution in [0.3, 0.4) is 0 Å². The maximum absolute atomic E-state index is 14.4. The fourth-order valence-corrected chi connectivity index (χ4v) is 11.5. The molecule has 2 aromatic heterocycles. The number of carboxylic acid groups (broad SMARTS) is 1. The molecule has 5 N–H and O–H groups in total. The summed E-state index contributed by atoms with van der Waals surface area (Å²) < 4.78 is 52.4. The third-order valence-corrected chi connectivity index (χ3v) is 16.3. The largest absolute Gasteiger partial charge is 0.477 e. The molecule has 5 heterocycles. The van der Waals surface area contributed by atoms with Gasteiger partial charge < -0.3 is 73.5 Å². The summed E-state index contributed by atoms with van der Waals surface area (Å²) in [5, 5.41) is 50.1. The van der Waals surface area contributed by atoms with E-state index in [1.807, 2.05) is 25.9 Å². The average Bonchev–Trinajstić information content (AvgIpc) is 3.35. The number of hydrogen-bond donors (Lipinski definition) is 5. The van der Waals surface area contributed by atoms with Gasteiger partial charge in [0.15, 0.2) is 24.5 Å². The van der Waals surface area contributed by atoms with E-state index in [1.54, 1.807) is 78.3 Å². The SMILES string of the molecule is CC[C@H]1OC(=O)[C@H](C)[C@@H](O[C@H]2C[C@@](C)(OC)[C@@H](OC(=O)CCNCCSc3cc4c(=O)c(C(=O)O)cn(N(C)C)c4cn3)[C@H](C)O2)[C@H](C)[C@@H](O[C@@H]2O[C@H](C)C[C@H](N(C)C)[C@H]2O)[C@](C)(OC)C[C@@H](C)C(=O)[C@@H](O)[C@]1(C)O. The number of cyclic esters (lactones) is 1. The molecule has 0 bridgehead atoms. The number of carbonyl (C=O) groups is 4. The second kappa shape index (κ2) is 25.7. The molecule has 23 heteroatoms. The Balaban J connectivity index is 1.33. The first-order valence-electron chi connectivity index (χ1n) is 25.8. The van der Waals surface area contributed by atoms with Crippen LogP contribution >= 0.6 is 11.8 Å². The monoisotopic (exact) mass is 1080 g/mol. The van der Waals surface area contributed by atoms with Crippen LogP contribution in [0.15, 0.2) is 28.3 Å². The Hall–Kier alpha value is -3.85. The van der Waals surface area contributed by atoms with Gasteiger partial charge in [-0.25, -0.2) is 9.78 Å². The van der Waals surface area contributed by atoms with Crippen LogP contribution in [0.1, 0.15) is 105 Å². The molecule has 75 heavy (non-hydrogen) atoms. The van der Waals surface area contributed by atoms with Crippen LogP contribution < -0.4 is 15.8 Å². The van der Waals surface area contributed by atoms with E-state index in [9.17, 15) is 44.4 Å². The summed E-state index contributed by atoms with van der Waals surface area (Å²) in [5.41, 5.74) is -5.21. The summed E-state index contributed by atoms with van der Waals surface area (Å²) >= 11 is 1.36. The number of aliphatic hydroxyl groups excluding tert-OH is 2. The topological polar surface area (TPSA) is 276 Å². The predicted molar refractivity (Wildman–Crippen MR) is 277 cm³/mol. The molecule has 0 aromatic carbocycles. The van der Waals surface area contributed by atoms with Crippen LogP contribution in [-0.2, 0) is 52.3 Å². The zero-order chi connectivity index (χ0) is 56.1. The number of likely N-dealkylation sites (N-methyl/N-ethyl adjacent to an activating group) is 1. The van der Waals surface area contributed by atoms with Gasteiger partial charge in [-0.2, -0.15) is 0 Å². The maximum atomic E-state index is 14.4. The average molecular weight is 1080 g/mol. The number of ketones is 1. The van der Waals surface area contributed by atoms with E-state index in [2.05, 4.69) is 10.3 Å². The lowest BCUT2D eigenvalue weighted by molar-refractivity contribution is -0.320. The highest BCUT2D eigenvalue weighted by Gasteiger charge is 2.55. The number of hydrogen-bond acceptors (Lipinski definition) is 21. The minimum absolute atomic E-state index is 0.00308. The molecular formula is C52H83N5O17S. The van der Waals surface area contributed by atoms with E-state index in [-0.39, 0.29) is 55.3 Å². The number of ether oxygens (including phenoxy) is 8. The van der Waals surface area contributed by atoms with Crippen molar-refractivity contribution in [3.63, 3.8) is 0 Å². The first-order valence-corrected chi connectivity index (χ1v) is 26.7. The normalized spacial score (nSPS) is 36.3. The van der Waals surface area contributed by atoms with Gasteiger partial charge in [0, 0.05) is 77.7 Å². The number of nitrogens with one attached hydrogen (secondary N) is 1. The molecule has 0 amide bonds. The minimum atomic E-state index is -2.18. The molecule has 0 unspecified atom stereocenters. The van der Waals surface area contributed by atoms with Gasteiger partial charge in [-0.1, -0.05) is 20.8 Å². The summed E-state index contributed by atoms with van der Waals surface area (Å²) in [6, 6.07) is 1.23. The summed E-state index contributed by atoms with van der Waals surface area (Å²) in [6.07, 6.45) is -7.44. The Labute approximate surface area is 444 Å². The Kier molecular flexibility index (Phi) is 21.3. The highest BCUT2D eigenvalue weighted by Crippen LogP contribution is 2.42. The fourth-order valence-electron chi connectivity index (χ4n) is 10.7. The molecule has 17 atom stereocenters. The van der Waals surface area contributed by atoms with E-state index < -0.39 is 119 Å². The smallest absolute Gasteiger partial charge is 0.341 e. The standard InChI is InChI=1S/C52H83N5O17S/c1-16-36-52(9,66)44(62)40(59)27(2)23-50(7,67-14)45(74-49-42(61)34(55(10)11)21-28(3)69-49)29(4)43(30(5)48(65)71-36)73-39-24-51(8,68-15)46(31(6)70-39)72-38(58)17-18-53-19-20-75-37-22-32-35(25-54-37)57(56(12)13)26-33(41(32)60)47(63)64/h22,25-31,34,36,39,42-46,49,53,61-62,66H,16-21,23-24H2,1-15H3,(H,63,64)/t27-,28-,29+,30-,31+,34+,36-,39+,42-,43+,44-,45-,46+,49+,50-,51-,52-/m1/s1. The van der Waals surface area contributed by atoms with Crippen molar-refractivity contribution in [3.8, 4) is 0 Å². The summed E-state index contributed by atoms with van der Waals surface area (Å²) in [7, 11) is 10.1. The van der Waals surface area contributed by atoms with Crippen molar-refractivity contribution in [1.29, 1.82) is 0 Å². The van der Waals surface area contributed by atoms with Crippen molar-refractivity contribution < 1.29 is 77.5 Å². The van der Waals surface area contributed by atoms with Gasteiger partial charge in [-0.05, 0) is 81.0 Å². The quantitative estimate of drug-likeness (QED) is 0.0815. The lowest BCUT2D eigenvalue weighted by Gasteiger charge is -2.49. The zero-order valence-corrected chi connectivity index (χ0v) is 47.1. The molecular weight excluding hydrogens is 999 g/mol. The van der Waals surface area contributed by atoms with E-state index in [1.165, 1.54) is 45.3 Å². The van der Waals surface area contributed by atoms with Gasteiger partial charge in [0.05, 0.1) is 64.5 Å².